The van der Waals surface area contributed by atoms with Gasteiger partial charge in [0.15, 0.2) is 5.11 Å². The summed E-state index contributed by atoms with van der Waals surface area (Å²) in [6.07, 6.45) is 0. The van der Waals surface area contributed by atoms with Gasteiger partial charge < -0.3 is 5.32 Å². The Kier molecular flexibility index (Phi) is 5.15. The highest BCUT2D eigenvalue weighted by atomic mass is 32.1. The molecule has 0 aromatic carbocycles. The van der Waals surface area contributed by atoms with Crippen molar-refractivity contribution >= 4 is 17.3 Å². The molecule has 0 aliphatic rings. The molecule has 0 unspecified atom stereocenters. The quantitative estimate of drug-likeness (QED) is 0.437. The predicted molar refractivity (Wildman–Crippen MR) is 52.3 cm³/mol. The summed E-state index contributed by atoms with van der Waals surface area (Å²) in [5.41, 5.74) is 5.88. The summed E-state index contributed by atoms with van der Waals surface area (Å²) in [4.78, 5) is 0. The maximum atomic E-state index is 4.96. The molecule has 0 aromatic rings. The summed E-state index contributed by atoms with van der Waals surface area (Å²) in [5, 5.41) is 3.70. The minimum Gasteiger partial charge on any atom is -0.359 e. The van der Waals surface area contributed by atoms with Crippen LogP contribution in [0.3, 0.4) is 0 Å². The smallest absolute Gasteiger partial charge is 0.181 e. The van der Waals surface area contributed by atoms with Crippen LogP contribution in [0, 0.1) is 0 Å². The highest BCUT2D eigenvalue weighted by molar-refractivity contribution is 7.80. The Bertz CT molecular complexity index is 123. The van der Waals surface area contributed by atoms with Crippen molar-refractivity contribution in [2.24, 2.45) is 0 Å². The zero-order valence-corrected chi connectivity index (χ0v) is 8.38. The summed E-state index contributed by atoms with van der Waals surface area (Å²) in [6.45, 7) is 8.18. The van der Waals surface area contributed by atoms with Crippen LogP contribution in [-0.2, 0) is 0 Å². The van der Waals surface area contributed by atoms with E-state index in [4.69, 9.17) is 12.2 Å². The van der Waals surface area contributed by atoms with Crippen LogP contribution in [0.25, 0.3) is 0 Å². The van der Waals surface area contributed by atoms with Crippen LogP contribution in [0.1, 0.15) is 27.7 Å². The summed E-state index contributed by atoms with van der Waals surface area (Å²) >= 11 is 4.96. The first-order valence-electron chi connectivity index (χ1n) is 3.84. The van der Waals surface area contributed by atoms with Crippen molar-refractivity contribution in [2.75, 3.05) is 0 Å². The Labute approximate surface area is 73.9 Å². The van der Waals surface area contributed by atoms with Crippen molar-refractivity contribution in [3.8, 4) is 0 Å². The zero-order chi connectivity index (χ0) is 8.85. The van der Waals surface area contributed by atoms with Gasteiger partial charge in [-0.05, 0) is 39.9 Å². The van der Waals surface area contributed by atoms with Crippen molar-refractivity contribution < 1.29 is 0 Å². The first-order valence-corrected chi connectivity index (χ1v) is 4.25. The number of nitrogens with one attached hydrogen (secondary N) is 3. The minimum absolute atomic E-state index is 0.379. The van der Waals surface area contributed by atoms with E-state index in [1.807, 2.05) is 27.7 Å². The fourth-order valence-electron chi connectivity index (χ4n) is 0.508. The van der Waals surface area contributed by atoms with Gasteiger partial charge in [0.2, 0.25) is 0 Å². The van der Waals surface area contributed by atoms with Gasteiger partial charge in [0.25, 0.3) is 0 Å². The molecular formula is C7H17N3S. The molecule has 0 aliphatic heterocycles. The monoisotopic (exact) mass is 175 g/mol. The van der Waals surface area contributed by atoms with Crippen LogP contribution in [0.15, 0.2) is 0 Å². The van der Waals surface area contributed by atoms with Crippen molar-refractivity contribution in [1.29, 1.82) is 0 Å². The van der Waals surface area contributed by atoms with Gasteiger partial charge in [-0.2, -0.15) is 0 Å². The molecule has 0 heterocycles. The van der Waals surface area contributed by atoms with Gasteiger partial charge in [0.1, 0.15) is 0 Å². The molecule has 3 nitrogen and oxygen atoms in total. The molecule has 0 aromatic heterocycles. The third kappa shape index (κ3) is 7.55. The van der Waals surface area contributed by atoms with Gasteiger partial charge in [-0.3, -0.25) is 5.43 Å². The highest BCUT2D eigenvalue weighted by Crippen LogP contribution is 1.76. The third-order valence-electron chi connectivity index (χ3n) is 0.894. The average Bonchev–Trinajstić information content (AvgIpc) is 1.82. The Morgan fingerprint density at radius 2 is 1.64 bits per heavy atom. The number of thiocarbonyl (C=S) groups is 1. The lowest BCUT2D eigenvalue weighted by atomic mass is 10.4. The third-order valence-corrected chi connectivity index (χ3v) is 1.11. The van der Waals surface area contributed by atoms with Gasteiger partial charge >= 0.3 is 0 Å². The molecule has 0 amide bonds. The topological polar surface area (TPSA) is 36.1 Å². The highest BCUT2D eigenvalue weighted by Gasteiger charge is 1.97. The molecule has 0 spiro atoms. The van der Waals surface area contributed by atoms with Crippen LogP contribution in [0.2, 0.25) is 0 Å². The number of hydrogen-bond acceptors (Lipinski definition) is 2. The fourth-order valence-corrected chi connectivity index (χ4v) is 0.803. The van der Waals surface area contributed by atoms with Gasteiger partial charge in [0, 0.05) is 12.1 Å². The molecule has 0 radical (unpaired) electrons. The Balaban J connectivity index is 3.38. The number of rotatable bonds is 3. The molecule has 0 aliphatic carbocycles. The van der Waals surface area contributed by atoms with E-state index in [-0.39, 0.29) is 0 Å². The van der Waals surface area contributed by atoms with E-state index >= 15 is 0 Å². The molecular weight excluding hydrogens is 158 g/mol. The van der Waals surface area contributed by atoms with E-state index < -0.39 is 0 Å². The van der Waals surface area contributed by atoms with Crippen LogP contribution >= 0.6 is 12.2 Å². The minimum atomic E-state index is 0.379. The van der Waals surface area contributed by atoms with Crippen molar-refractivity contribution in [1.82, 2.24) is 16.2 Å². The van der Waals surface area contributed by atoms with Crippen molar-refractivity contribution in [3.63, 3.8) is 0 Å². The summed E-state index contributed by atoms with van der Waals surface area (Å²) < 4.78 is 0. The second-order valence-electron chi connectivity index (χ2n) is 3.05. The lowest BCUT2D eigenvalue weighted by molar-refractivity contribution is 0.547. The van der Waals surface area contributed by atoms with Gasteiger partial charge in [-0.25, -0.2) is 5.43 Å². The number of hydrogen-bond donors (Lipinski definition) is 3. The Hall–Kier alpha value is -0.350. The summed E-state index contributed by atoms with van der Waals surface area (Å²) in [7, 11) is 0. The van der Waals surface area contributed by atoms with Crippen LogP contribution in [0.4, 0.5) is 0 Å². The van der Waals surface area contributed by atoms with E-state index in [2.05, 4.69) is 16.2 Å². The molecule has 0 atom stereocenters. The SMILES string of the molecule is CC(C)NNC(=S)NC(C)C. The van der Waals surface area contributed by atoms with Gasteiger partial charge in [-0.15, -0.1) is 0 Å². The molecule has 11 heavy (non-hydrogen) atoms. The molecule has 0 saturated heterocycles. The first kappa shape index (κ1) is 10.7. The summed E-state index contributed by atoms with van der Waals surface area (Å²) in [6, 6.07) is 0.769. The maximum Gasteiger partial charge on any atom is 0.181 e. The summed E-state index contributed by atoms with van der Waals surface area (Å²) in [5.74, 6) is 0. The standard InChI is InChI=1S/C7H17N3S/c1-5(2)8-7(11)10-9-6(3)4/h5-6,9H,1-4H3,(H2,8,10,11). The average molecular weight is 175 g/mol. The van der Waals surface area contributed by atoms with E-state index in [0.717, 1.165) is 0 Å². The van der Waals surface area contributed by atoms with Crippen LogP contribution < -0.4 is 16.2 Å². The van der Waals surface area contributed by atoms with Gasteiger partial charge in [0.05, 0.1) is 0 Å². The van der Waals surface area contributed by atoms with Crippen LogP contribution in [0.5, 0.6) is 0 Å². The molecule has 0 rings (SSSR count). The molecule has 0 fully saturated rings. The molecule has 66 valence electrons. The Morgan fingerprint density at radius 1 is 1.09 bits per heavy atom. The molecule has 0 bridgehead atoms. The lowest BCUT2D eigenvalue weighted by Gasteiger charge is -2.15. The largest absolute Gasteiger partial charge is 0.359 e. The van der Waals surface area contributed by atoms with E-state index in [1.54, 1.807) is 0 Å². The number of hydrazine groups is 1. The van der Waals surface area contributed by atoms with E-state index in [9.17, 15) is 0 Å². The van der Waals surface area contributed by atoms with Crippen molar-refractivity contribution in [2.45, 2.75) is 39.8 Å². The molecule has 4 heteroatoms. The Morgan fingerprint density at radius 3 is 2.00 bits per heavy atom. The first-order chi connectivity index (χ1) is 5.02. The van der Waals surface area contributed by atoms with Crippen molar-refractivity contribution in [3.05, 3.63) is 0 Å². The molecule has 0 saturated carbocycles. The normalized spacial score (nSPS) is 10.4. The van der Waals surface area contributed by atoms with E-state index in [1.165, 1.54) is 0 Å². The molecule has 3 N–H and O–H groups in total. The lowest BCUT2D eigenvalue weighted by Crippen LogP contribution is -2.48. The zero-order valence-electron chi connectivity index (χ0n) is 7.56. The van der Waals surface area contributed by atoms with E-state index in [0.29, 0.717) is 17.2 Å². The predicted octanol–water partition coefficient (Wildman–Crippen LogP) is 0.772. The second kappa shape index (κ2) is 5.32. The van der Waals surface area contributed by atoms with Gasteiger partial charge in [-0.1, -0.05) is 0 Å². The fraction of sp³-hybridized carbons (Fsp3) is 0.857. The van der Waals surface area contributed by atoms with Crippen LogP contribution in [-0.4, -0.2) is 17.2 Å². The second-order valence-corrected chi connectivity index (χ2v) is 3.46. The maximum absolute atomic E-state index is 4.96.